The van der Waals surface area contributed by atoms with Gasteiger partial charge in [0.2, 0.25) is 5.88 Å². The first kappa shape index (κ1) is 19.1. The lowest BCUT2D eigenvalue weighted by Gasteiger charge is -2.26. The Hall–Kier alpha value is -3.87. The van der Waals surface area contributed by atoms with Crippen molar-refractivity contribution in [3.05, 3.63) is 71.6 Å². The van der Waals surface area contributed by atoms with Gasteiger partial charge in [0.25, 0.3) is 0 Å². The van der Waals surface area contributed by atoms with Crippen LogP contribution < -0.4 is 19.7 Å². The fourth-order valence-corrected chi connectivity index (χ4v) is 4.12. The molecule has 0 saturated carbocycles. The van der Waals surface area contributed by atoms with Gasteiger partial charge in [-0.2, -0.15) is 0 Å². The summed E-state index contributed by atoms with van der Waals surface area (Å²) in [6, 6.07) is 14.0. The largest absolute Gasteiger partial charge is 0.495 e. The molecule has 1 aliphatic heterocycles. The monoisotopic (exact) mass is 413 g/mol. The van der Waals surface area contributed by atoms with Gasteiger partial charge in [-0.3, -0.25) is 9.89 Å². The lowest BCUT2D eigenvalue weighted by Crippen LogP contribution is -2.24. The van der Waals surface area contributed by atoms with Gasteiger partial charge in [-0.25, -0.2) is 0 Å². The number of anilines is 2. The summed E-state index contributed by atoms with van der Waals surface area (Å²) in [6.07, 6.45) is 6.82. The molecule has 0 radical (unpaired) electrons. The molecule has 7 nitrogen and oxygen atoms in total. The maximum absolute atomic E-state index is 5.59. The van der Waals surface area contributed by atoms with Crippen molar-refractivity contribution in [2.24, 2.45) is 4.99 Å². The van der Waals surface area contributed by atoms with Gasteiger partial charge in [-0.1, -0.05) is 30.3 Å². The van der Waals surface area contributed by atoms with Gasteiger partial charge >= 0.3 is 0 Å². The van der Waals surface area contributed by atoms with Crippen LogP contribution in [0, 0.1) is 6.92 Å². The summed E-state index contributed by atoms with van der Waals surface area (Å²) in [4.78, 5) is 6.87. The van der Waals surface area contributed by atoms with Gasteiger partial charge < -0.3 is 14.8 Å². The number of nitrogens with one attached hydrogen (secondary N) is 1. The van der Waals surface area contributed by atoms with Crippen LogP contribution in [0.3, 0.4) is 0 Å². The smallest absolute Gasteiger partial charge is 0.241 e. The van der Waals surface area contributed by atoms with E-state index in [1.165, 1.54) is 0 Å². The number of para-hydroxylation sites is 1. The molecule has 2 aliphatic rings. The molecule has 0 saturated heterocycles. The Morgan fingerprint density at radius 3 is 2.61 bits per heavy atom. The van der Waals surface area contributed by atoms with Crippen molar-refractivity contribution in [1.29, 1.82) is 0 Å². The number of aromatic nitrogens is 2. The SMILES string of the molecule is COc1cccc(C)c1N1C=NC2CC(Nc3nnc(OC)c4ccccc34)=CC=C21. The molecule has 1 unspecified atom stereocenters. The van der Waals surface area contributed by atoms with E-state index in [-0.39, 0.29) is 6.04 Å². The molecule has 1 N–H and O–H groups in total. The van der Waals surface area contributed by atoms with Crippen LogP contribution in [-0.2, 0) is 0 Å². The number of rotatable bonds is 5. The van der Waals surface area contributed by atoms with E-state index < -0.39 is 0 Å². The zero-order valence-corrected chi connectivity index (χ0v) is 17.7. The number of allylic oxidation sites excluding steroid dienone is 2. The number of benzene rings is 2. The molecule has 5 rings (SSSR count). The predicted octanol–water partition coefficient (Wildman–Crippen LogP) is 4.46. The van der Waals surface area contributed by atoms with Crippen LogP contribution in [0.2, 0.25) is 0 Å². The number of ether oxygens (including phenoxy) is 2. The maximum atomic E-state index is 5.59. The first-order chi connectivity index (χ1) is 15.2. The predicted molar refractivity (Wildman–Crippen MR) is 123 cm³/mol. The van der Waals surface area contributed by atoms with Crippen molar-refractivity contribution in [2.45, 2.75) is 19.4 Å². The van der Waals surface area contributed by atoms with E-state index in [2.05, 4.69) is 45.6 Å². The summed E-state index contributed by atoms with van der Waals surface area (Å²) in [5.41, 5.74) is 4.33. The molecule has 0 bridgehead atoms. The average Bonchev–Trinajstić information content (AvgIpc) is 3.22. The summed E-state index contributed by atoms with van der Waals surface area (Å²) in [5, 5.41) is 13.9. The van der Waals surface area contributed by atoms with Crippen molar-refractivity contribution in [3.8, 4) is 11.6 Å². The van der Waals surface area contributed by atoms with Crippen molar-refractivity contribution in [3.63, 3.8) is 0 Å². The molecule has 156 valence electrons. The first-order valence-electron chi connectivity index (χ1n) is 10.1. The highest BCUT2D eigenvalue weighted by Gasteiger charge is 2.30. The van der Waals surface area contributed by atoms with Crippen LogP contribution in [0.1, 0.15) is 12.0 Å². The second-order valence-electron chi connectivity index (χ2n) is 7.49. The number of nitrogens with zero attached hydrogens (tertiary/aromatic N) is 4. The fraction of sp³-hybridized carbons (Fsp3) is 0.208. The molecule has 3 aromatic rings. The van der Waals surface area contributed by atoms with Crippen molar-refractivity contribution >= 4 is 28.6 Å². The molecule has 0 spiro atoms. The van der Waals surface area contributed by atoms with Gasteiger partial charge in [0, 0.05) is 28.6 Å². The fourth-order valence-electron chi connectivity index (χ4n) is 4.12. The summed E-state index contributed by atoms with van der Waals surface area (Å²) >= 11 is 0. The summed E-state index contributed by atoms with van der Waals surface area (Å²) in [7, 11) is 3.30. The minimum atomic E-state index is 0.0364. The second kappa shape index (κ2) is 7.75. The average molecular weight is 413 g/mol. The number of methoxy groups -OCH3 is 2. The third kappa shape index (κ3) is 3.28. The molecule has 1 atom stereocenters. The van der Waals surface area contributed by atoms with Gasteiger partial charge in [0.15, 0.2) is 5.82 Å². The lowest BCUT2D eigenvalue weighted by atomic mass is 10.0. The molecule has 0 fully saturated rings. The topological polar surface area (TPSA) is 71.9 Å². The van der Waals surface area contributed by atoms with Crippen LogP contribution in [-0.4, -0.2) is 36.8 Å². The van der Waals surface area contributed by atoms with E-state index in [0.29, 0.717) is 11.7 Å². The molecule has 1 aliphatic carbocycles. The van der Waals surface area contributed by atoms with Crippen molar-refractivity contribution in [2.75, 3.05) is 24.4 Å². The standard InChI is InChI=1S/C24H23N5O2/c1-15-7-6-10-21(30-2)22(15)29-14-25-19-13-16(11-12-20(19)29)26-23-17-8-4-5-9-18(17)24(31-3)28-27-23/h4-12,14,19H,13H2,1-3H3,(H,26,27). The third-order valence-corrected chi connectivity index (χ3v) is 5.64. The highest BCUT2D eigenvalue weighted by Crippen LogP contribution is 2.39. The van der Waals surface area contributed by atoms with Crippen LogP contribution in [0.15, 0.2) is 71.0 Å². The number of hydrogen-bond acceptors (Lipinski definition) is 7. The van der Waals surface area contributed by atoms with Crippen molar-refractivity contribution < 1.29 is 9.47 Å². The van der Waals surface area contributed by atoms with E-state index in [0.717, 1.165) is 45.6 Å². The zero-order chi connectivity index (χ0) is 21.4. The van der Waals surface area contributed by atoms with E-state index in [1.54, 1.807) is 14.2 Å². The summed E-state index contributed by atoms with van der Waals surface area (Å²) < 4.78 is 10.9. The Bertz CT molecular complexity index is 1250. The molecule has 2 heterocycles. The number of hydrogen-bond donors (Lipinski definition) is 1. The van der Waals surface area contributed by atoms with Gasteiger partial charge in [0.05, 0.1) is 32.3 Å². The van der Waals surface area contributed by atoms with E-state index in [9.17, 15) is 0 Å². The van der Waals surface area contributed by atoms with E-state index in [4.69, 9.17) is 14.5 Å². The summed E-state index contributed by atoms with van der Waals surface area (Å²) in [5.74, 6) is 2.06. The van der Waals surface area contributed by atoms with Crippen LogP contribution >= 0.6 is 0 Å². The Kier molecular flexibility index (Phi) is 4.78. The molecular weight excluding hydrogens is 390 g/mol. The minimum absolute atomic E-state index is 0.0364. The zero-order valence-electron chi connectivity index (χ0n) is 17.7. The molecular formula is C24H23N5O2. The lowest BCUT2D eigenvalue weighted by molar-refractivity contribution is 0.398. The van der Waals surface area contributed by atoms with Crippen LogP contribution in [0.4, 0.5) is 11.5 Å². The molecule has 2 aromatic carbocycles. The Morgan fingerprint density at radius 1 is 0.968 bits per heavy atom. The quantitative estimate of drug-likeness (QED) is 0.666. The van der Waals surface area contributed by atoms with E-state index >= 15 is 0 Å². The summed E-state index contributed by atoms with van der Waals surface area (Å²) in [6.45, 7) is 2.08. The molecule has 7 heteroatoms. The molecule has 31 heavy (non-hydrogen) atoms. The highest BCUT2D eigenvalue weighted by molar-refractivity contribution is 5.95. The first-order valence-corrected chi connectivity index (χ1v) is 10.1. The van der Waals surface area contributed by atoms with E-state index in [1.807, 2.05) is 42.7 Å². The molecule has 0 amide bonds. The minimum Gasteiger partial charge on any atom is -0.495 e. The second-order valence-corrected chi connectivity index (χ2v) is 7.49. The Balaban J connectivity index is 1.46. The normalized spacial score (nSPS) is 17.3. The van der Waals surface area contributed by atoms with Gasteiger partial charge in [-0.05, 0) is 36.8 Å². The van der Waals surface area contributed by atoms with Crippen LogP contribution in [0.25, 0.3) is 10.8 Å². The van der Waals surface area contributed by atoms with Gasteiger partial charge in [0.1, 0.15) is 5.75 Å². The molecule has 1 aromatic heterocycles. The third-order valence-electron chi connectivity index (χ3n) is 5.64. The number of aryl methyl sites for hydroxylation is 1. The Labute approximate surface area is 180 Å². The van der Waals surface area contributed by atoms with Crippen LogP contribution in [0.5, 0.6) is 11.6 Å². The van der Waals surface area contributed by atoms with Crippen molar-refractivity contribution in [1.82, 2.24) is 10.2 Å². The Morgan fingerprint density at radius 2 is 1.81 bits per heavy atom. The maximum Gasteiger partial charge on any atom is 0.241 e. The van der Waals surface area contributed by atoms with Gasteiger partial charge in [-0.15, -0.1) is 10.2 Å². The number of aliphatic imine (C=N–C) groups is 1. The highest BCUT2D eigenvalue weighted by atomic mass is 16.5. The number of fused-ring (bicyclic) bond motifs is 2.